The average molecular weight is 508 g/mol. The van der Waals surface area contributed by atoms with Crippen molar-refractivity contribution < 1.29 is 18.0 Å². The minimum Gasteiger partial charge on any atom is -0.383 e. The minimum absolute atomic E-state index is 0.0819. The van der Waals surface area contributed by atoms with Crippen molar-refractivity contribution in [3.63, 3.8) is 0 Å². The summed E-state index contributed by atoms with van der Waals surface area (Å²) in [7, 11) is 2.00. The molecule has 2 aromatic carbocycles. The van der Waals surface area contributed by atoms with Gasteiger partial charge >= 0.3 is 6.18 Å². The number of hydrogen-bond acceptors (Lipinski definition) is 5. The third kappa shape index (κ3) is 6.67. The van der Waals surface area contributed by atoms with Crippen LogP contribution in [0, 0.1) is 18.8 Å². The molecule has 0 unspecified atom stereocenters. The number of nitrogens with two attached hydrogens (primary N) is 1. The molecule has 1 fully saturated rings. The van der Waals surface area contributed by atoms with E-state index >= 15 is 0 Å². The standard InChI is InChI=1S/C28H28F3N5O/c1-19-5-6-20(7-8-21-4-3-11-33-26(21)32)16-24(19)27(37)34-23-10-9-22(25(17-23)28(29,30)31)18-36-14-12-35(2)13-15-36/h3-6,9-11,16-17H,12-15,18H2,1-2H3,(H2,32,33)(H,34,37). The molecule has 9 heteroatoms. The second-order valence-electron chi connectivity index (χ2n) is 9.12. The lowest BCUT2D eigenvalue weighted by Gasteiger charge is -2.33. The number of nitrogens with zero attached hydrogens (tertiary/aromatic N) is 3. The average Bonchev–Trinajstić information content (AvgIpc) is 2.86. The number of aryl methyl sites for hydroxylation is 1. The third-order valence-electron chi connectivity index (χ3n) is 6.33. The van der Waals surface area contributed by atoms with Crippen molar-refractivity contribution in [2.45, 2.75) is 19.6 Å². The number of carbonyl (C=O) groups is 1. The second kappa shape index (κ2) is 11.0. The van der Waals surface area contributed by atoms with E-state index in [0.717, 1.165) is 19.2 Å². The van der Waals surface area contributed by atoms with E-state index in [2.05, 4.69) is 27.0 Å². The Balaban J connectivity index is 1.54. The first-order valence-electron chi connectivity index (χ1n) is 11.9. The minimum atomic E-state index is -4.54. The number of hydrogen-bond donors (Lipinski definition) is 2. The fraction of sp³-hybridized carbons (Fsp3) is 0.286. The first-order valence-corrected chi connectivity index (χ1v) is 11.9. The Hall–Kier alpha value is -3.87. The number of carbonyl (C=O) groups excluding carboxylic acids is 1. The molecule has 1 aromatic heterocycles. The summed E-state index contributed by atoms with van der Waals surface area (Å²) < 4.78 is 41.7. The van der Waals surface area contributed by atoms with Crippen LogP contribution in [0.1, 0.15) is 38.2 Å². The molecule has 0 spiro atoms. The fourth-order valence-electron chi connectivity index (χ4n) is 4.11. The van der Waals surface area contributed by atoms with E-state index in [1.165, 1.54) is 12.1 Å². The highest BCUT2D eigenvalue weighted by atomic mass is 19.4. The van der Waals surface area contributed by atoms with Crippen LogP contribution in [0.4, 0.5) is 24.7 Å². The van der Waals surface area contributed by atoms with E-state index in [1.54, 1.807) is 43.5 Å². The maximum atomic E-state index is 13.9. The molecule has 192 valence electrons. The molecule has 0 radical (unpaired) electrons. The Morgan fingerprint density at radius 2 is 1.84 bits per heavy atom. The van der Waals surface area contributed by atoms with Gasteiger partial charge in [0, 0.05) is 55.7 Å². The number of rotatable bonds is 4. The highest BCUT2D eigenvalue weighted by Gasteiger charge is 2.34. The number of nitrogen functional groups attached to an aromatic ring is 1. The van der Waals surface area contributed by atoms with Gasteiger partial charge in [0.05, 0.1) is 11.1 Å². The van der Waals surface area contributed by atoms with Crippen molar-refractivity contribution >= 4 is 17.4 Å². The molecule has 1 aliphatic heterocycles. The number of anilines is 2. The molecular weight excluding hydrogens is 479 g/mol. The highest BCUT2D eigenvalue weighted by molar-refractivity contribution is 6.05. The number of nitrogens with one attached hydrogen (secondary N) is 1. The van der Waals surface area contributed by atoms with Crippen LogP contribution in [0.15, 0.2) is 54.7 Å². The summed E-state index contributed by atoms with van der Waals surface area (Å²) in [5.74, 6) is 5.68. The van der Waals surface area contributed by atoms with Gasteiger partial charge in [-0.1, -0.05) is 24.0 Å². The largest absolute Gasteiger partial charge is 0.416 e. The predicted molar refractivity (Wildman–Crippen MR) is 138 cm³/mol. The van der Waals surface area contributed by atoms with Crippen molar-refractivity contribution in [2.75, 3.05) is 44.3 Å². The summed E-state index contributed by atoms with van der Waals surface area (Å²) in [6.45, 7) is 5.00. The Morgan fingerprint density at radius 1 is 1.08 bits per heavy atom. The molecular formula is C28H28F3N5O. The SMILES string of the molecule is Cc1ccc(C#Cc2cccnc2N)cc1C(=O)Nc1ccc(CN2CCN(C)CC2)c(C(F)(F)F)c1. The van der Waals surface area contributed by atoms with E-state index in [4.69, 9.17) is 5.73 Å². The Kier molecular flexibility index (Phi) is 7.81. The zero-order chi connectivity index (χ0) is 26.6. The van der Waals surface area contributed by atoms with E-state index in [0.29, 0.717) is 41.2 Å². The van der Waals surface area contributed by atoms with Crippen LogP contribution < -0.4 is 11.1 Å². The Bertz CT molecular complexity index is 1350. The molecule has 3 N–H and O–H groups in total. The second-order valence-corrected chi connectivity index (χ2v) is 9.12. The van der Waals surface area contributed by atoms with Crippen molar-refractivity contribution in [2.24, 2.45) is 0 Å². The van der Waals surface area contributed by atoms with E-state index < -0.39 is 17.6 Å². The number of halogens is 3. The van der Waals surface area contributed by atoms with Gasteiger partial charge < -0.3 is 16.0 Å². The molecule has 1 amide bonds. The van der Waals surface area contributed by atoms with Gasteiger partial charge in [0.1, 0.15) is 5.82 Å². The fourth-order valence-corrected chi connectivity index (χ4v) is 4.11. The maximum absolute atomic E-state index is 13.9. The van der Waals surface area contributed by atoms with Gasteiger partial charge in [-0.2, -0.15) is 13.2 Å². The molecule has 1 saturated heterocycles. The van der Waals surface area contributed by atoms with E-state index in [-0.39, 0.29) is 17.8 Å². The van der Waals surface area contributed by atoms with Gasteiger partial charge in [0.15, 0.2) is 0 Å². The first-order chi connectivity index (χ1) is 17.6. The molecule has 2 heterocycles. The number of likely N-dealkylation sites (N-methyl/N-ethyl adjacent to an activating group) is 1. The quantitative estimate of drug-likeness (QED) is 0.513. The van der Waals surface area contributed by atoms with Crippen LogP contribution in [0.2, 0.25) is 0 Å². The monoisotopic (exact) mass is 507 g/mol. The van der Waals surface area contributed by atoms with Crippen LogP contribution >= 0.6 is 0 Å². The predicted octanol–water partition coefficient (Wildman–Crippen LogP) is 4.39. The van der Waals surface area contributed by atoms with Crippen LogP contribution in [-0.2, 0) is 12.7 Å². The van der Waals surface area contributed by atoms with Crippen LogP contribution in [-0.4, -0.2) is 53.9 Å². The summed E-state index contributed by atoms with van der Waals surface area (Å²) in [6.07, 6.45) is -2.97. The molecule has 0 saturated carbocycles. The topological polar surface area (TPSA) is 74.5 Å². The summed E-state index contributed by atoms with van der Waals surface area (Å²) in [5.41, 5.74) is 7.48. The van der Waals surface area contributed by atoms with Gasteiger partial charge in [0.25, 0.3) is 5.91 Å². The number of piperazine rings is 1. The summed E-state index contributed by atoms with van der Waals surface area (Å²) >= 11 is 0. The summed E-state index contributed by atoms with van der Waals surface area (Å²) in [6, 6.07) is 12.5. The van der Waals surface area contributed by atoms with Crippen LogP contribution in [0.3, 0.4) is 0 Å². The highest BCUT2D eigenvalue weighted by Crippen LogP contribution is 2.34. The van der Waals surface area contributed by atoms with Crippen molar-refractivity contribution in [1.29, 1.82) is 0 Å². The van der Waals surface area contributed by atoms with E-state index in [9.17, 15) is 18.0 Å². The number of alkyl halides is 3. The lowest BCUT2D eigenvalue weighted by atomic mass is 10.0. The van der Waals surface area contributed by atoms with Gasteiger partial charge in [0.2, 0.25) is 0 Å². The molecule has 0 atom stereocenters. The smallest absolute Gasteiger partial charge is 0.383 e. The Morgan fingerprint density at radius 3 is 2.54 bits per heavy atom. The molecule has 0 bridgehead atoms. The number of aromatic nitrogens is 1. The molecule has 1 aliphatic rings. The maximum Gasteiger partial charge on any atom is 0.416 e. The number of pyridine rings is 1. The van der Waals surface area contributed by atoms with Gasteiger partial charge in [-0.15, -0.1) is 0 Å². The third-order valence-corrected chi connectivity index (χ3v) is 6.33. The molecule has 37 heavy (non-hydrogen) atoms. The van der Waals surface area contributed by atoms with E-state index in [1.807, 2.05) is 11.9 Å². The van der Waals surface area contributed by atoms with Crippen molar-refractivity contribution in [3.8, 4) is 11.8 Å². The van der Waals surface area contributed by atoms with Crippen molar-refractivity contribution in [3.05, 3.63) is 88.1 Å². The molecule has 0 aliphatic carbocycles. The molecule has 3 aromatic rings. The van der Waals surface area contributed by atoms with Crippen molar-refractivity contribution in [1.82, 2.24) is 14.8 Å². The number of benzene rings is 2. The van der Waals surface area contributed by atoms with Gasteiger partial charge in [-0.3, -0.25) is 9.69 Å². The first kappa shape index (κ1) is 26.2. The summed E-state index contributed by atoms with van der Waals surface area (Å²) in [5, 5.41) is 2.62. The molecule has 6 nitrogen and oxygen atoms in total. The lowest BCUT2D eigenvalue weighted by molar-refractivity contribution is -0.138. The zero-order valence-electron chi connectivity index (χ0n) is 20.7. The summed E-state index contributed by atoms with van der Waals surface area (Å²) in [4.78, 5) is 21.2. The normalized spacial score (nSPS) is 14.6. The van der Waals surface area contributed by atoms with Crippen LogP contribution in [0.5, 0.6) is 0 Å². The molecule has 4 rings (SSSR count). The lowest BCUT2D eigenvalue weighted by Crippen LogP contribution is -2.44. The van der Waals surface area contributed by atoms with Crippen LogP contribution in [0.25, 0.3) is 0 Å². The van der Waals surface area contributed by atoms with Gasteiger partial charge in [-0.05, 0) is 61.5 Å². The van der Waals surface area contributed by atoms with Gasteiger partial charge in [-0.25, -0.2) is 4.98 Å². The number of amides is 1. The zero-order valence-corrected chi connectivity index (χ0v) is 20.7. The Labute approximate surface area is 214 Å².